The zero-order chi connectivity index (χ0) is 36.8. The number of aryl methyl sites for hydroxylation is 1. The Labute approximate surface area is 313 Å². The first-order valence-electron chi connectivity index (χ1n) is 19.3. The largest absolute Gasteiger partial charge is 0.473 e. The van der Waals surface area contributed by atoms with Gasteiger partial charge in [0.15, 0.2) is 0 Å². The molecule has 2 aliphatic heterocycles. The average molecular weight is 716 g/mol. The molecule has 2 aromatic heterocycles. The van der Waals surface area contributed by atoms with E-state index in [0.29, 0.717) is 30.9 Å². The van der Waals surface area contributed by atoms with Gasteiger partial charge in [0, 0.05) is 49.9 Å². The number of carbonyl (C=O) groups excluding carboxylic acids is 1. The molecule has 9 nitrogen and oxygen atoms in total. The molecule has 0 saturated carbocycles. The zero-order valence-electron chi connectivity index (χ0n) is 31.7. The lowest BCUT2D eigenvalue weighted by molar-refractivity contribution is 0.0174. The first-order valence-corrected chi connectivity index (χ1v) is 19.3. The highest BCUT2D eigenvalue weighted by Crippen LogP contribution is 2.38. The number of rotatable bonds is 11. The maximum atomic E-state index is 12.5. The number of pyridine rings is 1. The second-order valence-electron chi connectivity index (χ2n) is 15.5. The minimum atomic E-state index is -0.450. The monoisotopic (exact) mass is 715 g/mol. The molecule has 53 heavy (non-hydrogen) atoms. The number of likely N-dealkylation sites (tertiary alicyclic amines) is 1. The van der Waals surface area contributed by atoms with Crippen molar-refractivity contribution < 1.29 is 19.0 Å². The Morgan fingerprint density at radius 1 is 0.774 bits per heavy atom. The minimum Gasteiger partial charge on any atom is -0.473 e. The Morgan fingerprint density at radius 3 is 2.02 bits per heavy atom. The number of carbonyl (C=O) groups is 1. The van der Waals surface area contributed by atoms with Crippen LogP contribution in [-0.2, 0) is 24.5 Å². The van der Waals surface area contributed by atoms with Gasteiger partial charge in [-0.05, 0) is 107 Å². The van der Waals surface area contributed by atoms with E-state index < -0.39 is 5.60 Å². The summed E-state index contributed by atoms with van der Waals surface area (Å²) in [4.78, 5) is 21.8. The lowest BCUT2D eigenvalue weighted by Crippen LogP contribution is -2.42. The fourth-order valence-electron chi connectivity index (χ4n) is 7.63. The number of hydrogen-bond acceptors (Lipinski definition) is 7. The lowest BCUT2D eigenvalue weighted by Gasteiger charge is -2.37. The van der Waals surface area contributed by atoms with Crippen LogP contribution in [0.2, 0.25) is 0 Å². The van der Waals surface area contributed by atoms with E-state index in [-0.39, 0.29) is 6.09 Å². The molecule has 4 heterocycles. The molecule has 9 heteroatoms. The fourth-order valence-corrected chi connectivity index (χ4v) is 7.63. The molecule has 1 amide bonds. The van der Waals surface area contributed by atoms with Crippen molar-refractivity contribution in [1.29, 1.82) is 0 Å². The van der Waals surface area contributed by atoms with Gasteiger partial charge >= 0.3 is 6.09 Å². The van der Waals surface area contributed by atoms with Crippen LogP contribution in [0, 0.1) is 11.8 Å². The van der Waals surface area contributed by atoms with Gasteiger partial charge in [0.1, 0.15) is 24.5 Å². The SMILES string of the molecule is CCn1nc(-c2ccc(OCc3ccccc3)nc2OCc2ccccc2)c2ccc(N3CCC(CC4CCN(C(=O)OC(C)(C)C)CC4)CC3)cc21. The van der Waals surface area contributed by atoms with Gasteiger partial charge < -0.3 is 24.0 Å². The minimum absolute atomic E-state index is 0.173. The Morgan fingerprint density at radius 2 is 1.40 bits per heavy atom. The summed E-state index contributed by atoms with van der Waals surface area (Å²) in [5.41, 5.74) is 5.75. The van der Waals surface area contributed by atoms with Crippen LogP contribution in [0.1, 0.15) is 70.9 Å². The third kappa shape index (κ3) is 9.13. The molecule has 0 bridgehead atoms. The molecule has 0 radical (unpaired) electrons. The van der Waals surface area contributed by atoms with E-state index in [0.717, 1.165) is 84.8 Å². The number of aromatic nitrogens is 3. The summed E-state index contributed by atoms with van der Waals surface area (Å²) in [5, 5.41) is 6.20. The van der Waals surface area contributed by atoms with E-state index in [1.807, 2.05) is 86.3 Å². The molecule has 2 fully saturated rings. The molecule has 278 valence electrons. The number of ether oxygens (including phenoxy) is 3. The lowest BCUT2D eigenvalue weighted by atomic mass is 9.83. The maximum absolute atomic E-state index is 12.5. The van der Waals surface area contributed by atoms with Gasteiger partial charge in [-0.2, -0.15) is 10.1 Å². The number of benzene rings is 3. The van der Waals surface area contributed by atoms with Crippen molar-refractivity contribution in [2.45, 2.75) is 85.2 Å². The smallest absolute Gasteiger partial charge is 0.410 e. The Bertz CT molecular complexity index is 1960. The van der Waals surface area contributed by atoms with E-state index >= 15 is 0 Å². The highest BCUT2D eigenvalue weighted by atomic mass is 16.6. The molecule has 2 aliphatic rings. The fraction of sp³-hybridized carbons (Fsp3) is 0.432. The Kier molecular flexibility index (Phi) is 11.2. The number of hydrogen-bond donors (Lipinski definition) is 0. The van der Waals surface area contributed by atoms with Crippen LogP contribution in [0.25, 0.3) is 22.2 Å². The quantitative estimate of drug-likeness (QED) is 0.135. The van der Waals surface area contributed by atoms with Crippen LogP contribution in [0.15, 0.2) is 91.0 Å². The highest BCUT2D eigenvalue weighted by molar-refractivity contribution is 5.96. The van der Waals surface area contributed by atoms with Gasteiger partial charge in [-0.1, -0.05) is 60.7 Å². The molecular weight excluding hydrogens is 663 g/mol. The van der Waals surface area contributed by atoms with Gasteiger partial charge in [-0.25, -0.2) is 4.79 Å². The molecular formula is C44H53N5O4. The molecule has 7 rings (SSSR count). The van der Waals surface area contributed by atoms with Crippen LogP contribution in [0.5, 0.6) is 11.8 Å². The predicted octanol–water partition coefficient (Wildman–Crippen LogP) is 9.53. The van der Waals surface area contributed by atoms with Crippen LogP contribution in [0.3, 0.4) is 0 Å². The second-order valence-corrected chi connectivity index (χ2v) is 15.5. The van der Waals surface area contributed by atoms with E-state index in [9.17, 15) is 4.79 Å². The summed E-state index contributed by atoms with van der Waals surface area (Å²) in [5.74, 6) is 2.42. The van der Waals surface area contributed by atoms with Crippen molar-refractivity contribution in [3.8, 4) is 23.0 Å². The molecule has 3 aromatic carbocycles. The van der Waals surface area contributed by atoms with Crippen molar-refractivity contribution in [2.75, 3.05) is 31.1 Å². The van der Waals surface area contributed by atoms with Gasteiger partial charge in [0.05, 0.1) is 11.1 Å². The van der Waals surface area contributed by atoms with E-state index in [1.54, 1.807) is 0 Å². The van der Waals surface area contributed by atoms with E-state index in [2.05, 4.69) is 46.8 Å². The van der Waals surface area contributed by atoms with Crippen LogP contribution >= 0.6 is 0 Å². The molecule has 0 unspecified atom stereocenters. The summed E-state index contributed by atoms with van der Waals surface area (Å²) in [6.45, 7) is 13.2. The average Bonchev–Trinajstić information content (AvgIpc) is 3.55. The Hall–Kier alpha value is -5.05. The predicted molar refractivity (Wildman–Crippen MR) is 210 cm³/mol. The number of amides is 1. The van der Waals surface area contributed by atoms with Crippen molar-refractivity contribution in [2.24, 2.45) is 11.8 Å². The summed E-state index contributed by atoms with van der Waals surface area (Å²) in [6, 6.07) is 30.9. The summed E-state index contributed by atoms with van der Waals surface area (Å²) >= 11 is 0. The maximum Gasteiger partial charge on any atom is 0.410 e. The normalized spacial score (nSPS) is 15.8. The third-order valence-corrected chi connectivity index (χ3v) is 10.5. The van der Waals surface area contributed by atoms with Gasteiger partial charge in [0.25, 0.3) is 0 Å². The van der Waals surface area contributed by atoms with Gasteiger partial charge in [0.2, 0.25) is 11.8 Å². The summed E-state index contributed by atoms with van der Waals surface area (Å²) in [7, 11) is 0. The molecule has 0 aliphatic carbocycles. The Balaban J connectivity index is 1.03. The first-order chi connectivity index (χ1) is 25.7. The number of anilines is 1. The first kappa shape index (κ1) is 36.3. The number of nitrogens with zero attached hydrogens (tertiary/aromatic N) is 5. The molecule has 0 N–H and O–H groups in total. The number of piperidine rings is 2. The summed E-state index contributed by atoms with van der Waals surface area (Å²) in [6.07, 6.45) is 5.59. The van der Waals surface area contributed by atoms with Crippen molar-refractivity contribution in [3.63, 3.8) is 0 Å². The third-order valence-electron chi connectivity index (χ3n) is 10.5. The van der Waals surface area contributed by atoms with Crippen molar-refractivity contribution in [1.82, 2.24) is 19.7 Å². The van der Waals surface area contributed by atoms with Gasteiger partial charge in [-0.3, -0.25) is 4.68 Å². The van der Waals surface area contributed by atoms with Crippen LogP contribution in [-0.4, -0.2) is 57.5 Å². The second kappa shape index (κ2) is 16.3. The molecule has 5 aromatic rings. The summed E-state index contributed by atoms with van der Waals surface area (Å²) < 4.78 is 20.2. The van der Waals surface area contributed by atoms with E-state index in [4.69, 9.17) is 24.3 Å². The molecule has 0 spiro atoms. The van der Waals surface area contributed by atoms with Crippen LogP contribution in [0.4, 0.5) is 10.5 Å². The molecule has 2 saturated heterocycles. The van der Waals surface area contributed by atoms with Crippen molar-refractivity contribution in [3.05, 3.63) is 102 Å². The van der Waals surface area contributed by atoms with Crippen LogP contribution < -0.4 is 14.4 Å². The standard InChI is InChI=1S/C44H53N5O4/c1-5-49-39-29-36(47-24-20-32(21-25-47)28-33-22-26-48(27-23-33)43(50)53-44(2,3)4)16-17-37(39)41(46-49)38-18-19-40(51-30-34-12-8-6-9-13-34)45-42(38)52-31-35-14-10-7-11-15-35/h6-19,29,32-33H,5,20-28,30-31H2,1-4H3. The van der Waals surface area contributed by atoms with Crippen molar-refractivity contribution >= 4 is 22.7 Å². The highest BCUT2D eigenvalue weighted by Gasteiger charge is 2.30. The topological polar surface area (TPSA) is 82.0 Å². The zero-order valence-corrected chi connectivity index (χ0v) is 31.7. The molecule has 0 atom stereocenters. The number of fused-ring (bicyclic) bond motifs is 1. The van der Waals surface area contributed by atoms with Gasteiger partial charge in [-0.15, -0.1) is 0 Å². The van der Waals surface area contributed by atoms with E-state index in [1.165, 1.54) is 24.9 Å².